The van der Waals surface area contributed by atoms with Crippen LogP contribution in [0.25, 0.3) is 0 Å². The zero-order valence-electron chi connectivity index (χ0n) is 23.4. The summed E-state index contributed by atoms with van der Waals surface area (Å²) in [6.07, 6.45) is -6.49. The summed E-state index contributed by atoms with van der Waals surface area (Å²) in [5.74, 6) is 0.451. The van der Waals surface area contributed by atoms with Crippen LogP contribution in [0.4, 0.5) is 39.2 Å². The average molecular weight is 747 g/mol. The molecule has 0 amide bonds. The number of rotatable bonds is 5. The second-order valence-corrected chi connectivity index (χ2v) is 17.2. The molecule has 2 aromatic heterocycles. The van der Waals surface area contributed by atoms with Crippen molar-refractivity contribution in [3.63, 3.8) is 0 Å². The van der Waals surface area contributed by atoms with E-state index >= 15 is 4.39 Å². The number of anilines is 6. The molecule has 4 aliphatic heterocycles. The highest BCUT2D eigenvalue weighted by Gasteiger charge is 2.49. The van der Waals surface area contributed by atoms with Gasteiger partial charge >= 0.3 is 13.5 Å². The maximum Gasteiger partial charge on any atom is 0.388 e. The summed E-state index contributed by atoms with van der Waals surface area (Å²) in [6, 6.07) is 0. The lowest BCUT2D eigenvalue weighted by atomic mass is 10.1. The Bertz CT molecular complexity index is 1640. The number of halogens is 1. The lowest BCUT2D eigenvalue weighted by molar-refractivity contribution is -0.128. The van der Waals surface area contributed by atoms with E-state index in [1.807, 2.05) is 0 Å². The van der Waals surface area contributed by atoms with Crippen LogP contribution in [0.5, 0.6) is 0 Å². The third kappa shape index (κ3) is 7.03. The normalized spacial score (nSPS) is 35.2. The summed E-state index contributed by atoms with van der Waals surface area (Å²) in [5.41, 5.74) is 22.5. The van der Waals surface area contributed by atoms with Crippen LogP contribution >= 0.6 is 37.5 Å². The number of alkyl halides is 1. The molecule has 254 valence electrons. The number of hydrogen-bond donors (Lipinski definition) is 10. The van der Waals surface area contributed by atoms with Crippen LogP contribution in [0.15, 0.2) is 11.1 Å². The van der Waals surface area contributed by atoms with Crippen molar-refractivity contribution < 1.29 is 41.8 Å². The van der Waals surface area contributed by atoms with Gasteiger partial charge in [0.1, 0.15) is 30.5 Å². The molecule has 2 saturated heterocycles. The molecule has 6 rings (SSSR count). The fourth-order valence-corrected chi connectivity index (χ4v) is 9.29. The number of nitrogen functional groups attached to an aromatic ring is 2. The quantitative estimate of drug-likeness (QED) is 0.134. The molecular weight excluding hydrogens is 717 g/mol. The zero-order valence-corrected chi connectivity index (χ0v) is 27.7. The van der Waals surface area contributed by atoms with Gasteiger partial charge in [0.2, 0.25) is 12.3 Å². The first-order chi connectivity index (χ1) is 21.7. The molecule has 4 aliphatic rings. The first kappa shape index (κ1) is 33.8. The maximum atomic E-state index is 15.5. The third-order valence-corrected chi connectivity index (χ3v) is 11.7. The number of fused-ring (bicyclic) bond motifs is 4. The van der Waals surface area contributed by atoms with E-state index < -0.39 is 73.7 Å². The second kappa shape index (κ2) is 13.1. The first-order valence-corrected chi connectivity index (χ1v) is 19.5. The molecule has 0 spiro atoms. The van der Waals surface area contributed by atoms with Crippen LogP contribution in [0.1, 0.15) is 6.92 Å². The van der Waals surface area contributed by atoms with E-state index in [-0.39, 0.29) is 35.6 Å². The highest BCUT2D eigenvalue weighted by atomic mass is 32.7. The van der Waals surface area contributed by atoms with Crippen molar-refractivity contribution in [1.29, 1.82) is 0 Å². The van der Waals surface area contributed by atoms with Gasteiger partial charge in [0.05, 0.1) is 36.4 Å². The summed E-state index contributed by atoms with van der Waals surface area (Å²) >= 11 is 10.3. The van der Waals surface area contributed by atoms with Crippen LogP contribution in [0, 0.1) is 0 Å². The molecule has 21 nitrogen and oxygen atoms in total. The van der Waals surface area contributed by atoms with Crippen LogP contribution in [0.2, 0.25) is 0 Å². The summed E-state index contributed by atoms with van der Waals surface area (Å²) in [7, 11) is 0. The number of nitrogens with two attached hydrogens (primary N) is 2. The molecule has 2 bridgehead atoms. The van der Waals surface area contributed by atoms with Gasteiger partial charge in [-0.15, -0.1) is 22.8 Å². The van der Waals surface area contributed by atoms with Crippen molar-refractivity contribution >= 4 is 84.1 Å². The molecule has 0 aliphatic carbocycles. The van der Waals surface area contributed by atoms with Crippen molar-refractivity contribution in [2.75, 3.05) is 52.1 Å². The number of thioether (sulfide) groups is 1. The molecule has 11 N–H and O–H groups in total. The number of H-pyrrole nitrogens is 1. The minimum atomic E-state index is -4.40. The largest absolute Gasteiger partial charge is 0.389 e. The predicted molar refractivity (Wildman–Crippen MR) is 170 cm³/mol. The topological polar surface area (TPSA) is 282 Å². The predicted octanol–water partition coefficient (Wildman–Crippen LogP) is -0.697. The van der Waals surface area contributed by atoms with Crippen molar-refractivity contribution in [3.8, 4) is 0 Å². The number of thiol groups is 1. The summed E-state index contributed by atoms with van der Waals surface area (Å²) in [5, 5.41) is 12.5. The van der Waals surface area contributed by atoms with Crippen LogP contribution in [-0.4, -0.2) is 91.1 Å². The number of aromatic nitrogens is 4. The fraction of sp³-hybridized carbons (Fsp3) is 0.579. The van der Waals surface area contributed by atoms with Crippen molar-refractivity contribution in [2.45, 2.75) is 48.3 Å². The monoisotopic (exact) mass is 746 g/mol. The minimum absolute atomic E-state index is 0.0192. The number of nitrogens with zero attached hydrogens (tertiary/aromatic N) is 5. The van der Waals surface area contributed by atoms with E-state index in [1.165, 1.54) is 23.3 Å². The summed E-state index contributed by atoms with van der Waals surface area (Å²) in [6.45, 7) is -8.27. The third-order valence-electron chi connectivity index (χ3n) is 6.99. The number of hydrogen-bond acceptors (Lipinski definition) is 21. The van der Waals surface area contributed by atoms with Gasteiger partial charge in [-0.2, -0.15) is 4.98 Å². The number of aliphatic hydroxyl groups is 1. The fourth-order valence-electron chi connectivity index (χ4n) is 4.86. The SMILES string of the molecule is C[C@@H](O[C@@H]1COP(O)(=S)O[C@@H]2[C@H](O)[C@@H](COP(=O)(S)OC1F)S[C@H]2CN1NNc2c1nc(N)[nH]c2=O)N1NNc2c(N)ncnc21. The van der Waals surface area contributed by atoms with Crippen molar-refractivity contribution in [2.24, 2.45) is 0 Å². The molecule has 3 unspecified atom stereocenters. The van der Waals surface area contributed by atoms with E-state index in [0.29, 0.717) is 5.69 Å². The Balaban J connectivity index is 1.21. The lowest BCUT2D eigenvalue weighted by Gasteiger charge is -2.32. The van der Waals surface area contributed by atoms with Gasteiger partial charge in [0.25, 0.3) is 5.56 Å². The molecule has 2 aromatic rings. The number of ether oxygens (including phenoxy) is 1. The van der Waals surface area contributed by atoms with Crippen LogP contribution in [-0.2, 0) is 39.2 Å². The molecule has 27 heteroatoms. The molecule has 0 aromatic carbocycles. The Morgan fingerprint density at radius 1 is 1.24 bits per heavy atom. The number of hydrazine groups is 4. The molecule has 9 atom stereocenters. The molecule has 0 radical (unpaired) electrons. The average Bonchev–Trinajstić information content (AvgIpc) is 3.67. The van der Waals surface area contributed by atoms with Gasteiger partial charge in [-0.1, -0.05) is 12.2 Å². The van der Waals surface area contributed by atoms with E-state index in [0.717, 1.165) is 11.8 Å². The lowest BCUT2D eigenvalue weighted by Crippen LogP contribution is -2.48. The van der Waals surface area contributed by atoms with Gasteiger partial charge in [-0.3, -0.25) is 34.7 Å². The van der Waals surface area contributed by atoms with Gasteiger partial charge < -0.3 is 35.3 Å². The second-order valence-electron chi connectivity index (χ2n) is 10.1. The Kier molecular flexibility index (Phi) is 9.61. The van der Waals surface area contributed by atoms with Crippen molar-refractivity contribution in [3.05, 3.63) is 16.7 Å². The van der Waals surface area contributed by atoms with Gasteiger partial charge in [0, 0.05) is 0 Å². The zero-order chi connectivity index (χ0) is 33.0. The Morgan fingerprint density at radius 3 is 2.78 bits per heavy atom. The molecule has 0 saturated carbocycles. The Hall–Kier alpha value is -2.09. The number of aromatic amines is 1. The van der Waals surface area contributed by atoms with Crippen LogP contribution in [0.3, 0.4) is 0 Å². The molecular formula is C19H29FN12O9P2S3. The highest BCUT2D eigenvalue weighted by Crippen LogP contribution is 2.57. The molecule has 6 heterocycles. The number of aliphatic hydroxyl groups excluding tert-OH is 1. The minimum Gasteiger partial charge on any atom is -0.389 e. The van der Waals surface area contributed by atoms with Crippen LogP contribution < -0.4 is 49.0 Å². The number of nitrogens with one attached hydrogen (secondary N) is 5. The summed E-state index contributed by atoms with van der Waals surface area (Å²) in [4.78, 5) is 37.8. The molecule has 46 heavy (non-hydrogen) atoms. The van der Waals surface area contributed by atoms with E-state index in [2.05, 4.69) is 54.1 Å². The molecule has 2 fully saturated rings. The van der Waals surface area contributed by atoms with E-state index in [1.54, 1.807) is 0 Å². The Morgan fingerprint density at radius 2 is 2.00 bits per heavy atom. The highest BCUT2D eigenvalue weighted by molar-refractivity contribution is 8.44. The summed E-state index contributed by atoms with van der Waals surface area (Å²) < 4.78 is 56.1. The maximum absolute atomic E-state index is 15.5. The van der Waals surface area contributed by atoms with E-state index in [9.17, 15) is 19.4 Å². The van der Waals surface area contributed by atoms with Gasteiger partial charge in [-0.25, -0.2) is 23.9 Å². The van der Waals surface area contributed by atoms with E-state index in [4.69, 9.17) is 46.1 Å². The van der Waals surface area contributed by atoms with Gasteiger partial charge in [-0.05, 0) is 18.7 Å². The first-order valence-electron chi connectivity index (χ1n) is 13.3. The standard InChI is InChI=1S/C19H29FN12O9P2S3/c1-6(32-16-10(27-30-32)15(21)23-5-24-16)39-7-3-37-42(35,44)40-13-8(2-31-17-11(28-29-31)18(34)26-19(22)25-17)46-9(12(13)33)4-38-43(36,45)41-14(7)20/h5-9,12-14,27-30,33H,2-4H2,1H3,(H,35,44)(H,36,45)(H2,21,23,24)(H3,22,25,26,34)/t6-,7-,8+,9-,12-,13+,14?,42?,43?/m1/s1. The smallest absolute Gasteiger partial charge is 0.388 e. The Labute approximate surface area is 273 Å². The van der Waals surface area contributed by atoms with Crippen molar-refractivity contribution in [1.82, 2.24) is 31.0 Å². The van der Waals surface area contributed by atoms with Gasteiger partial charge in [0.15, 0.2) is 23.1 Å².